The average molecular weight is 397 g/mol. The molecule has 4 saturated carbocycles. The lowest BCUT2D eigenvalue weighted by molar-refractivity contribution is -0.260. The number of halogens is 3. The maximum absolute atomic E-state index is 12.8. The van der Waals surface area contributed by atoms with Crippen LogP contribution in [0.4, 0.5) is 13.2 Å². The molecule has 0 aromatic heterocycles. The van der Waals surface area contributed by atoms with Gasteiger partial charge in [-0.05, 0) is 57.1 Å². The molecule has 154 valence electrons. The van der Waals surface area contributed by atoms with Crippen LogP contribution in [-0.4, -0.2) is 46.9 Å². The zero-order chi connectivity index (χ0) is 20.3. The summed E-state index contributed by atoms with van der Waals surface area (Å²) in [7, 11) is 1.98. The second-order valence-electron chi connectivity index (χ2n) is 8.84. The lowest BCUT2D eigenvalue weighted by Crippen LogP contribution is -2.69. The molecule has 28 heavy (non-hydrogen) atoms. The second-order valence-corrected chi connectivity index (χ2v) is 8.84. The number of rotatable bonds is 4. The topological polar surface area (TPSA) is 49.8 Å². The number of carbonyl (C=O) groups excluding carboxylic acids is 1. The van der Waals surface area contributed by atoms with Gasteiger partial charge in [0.1, 0.15) is 11.7 Å². The molecule has 0 aliphatic heterocycles. The first-order chi connectivity index (χ1) is 13.1. The van der Waals surface area contributed by atoms with Crippen LogP contribution >= 0.6 is 0 Å². The molecule has 0 heterocycles. The third kappa shape index (κ3) is 3.22. The van der Waals surface area contributed by atoms with E-state index in [0.717, 1.165) is 12.0 Å². The normalized spacial score (nSPS) is 37.9. The fourth-order valence-corrected chi connectivity index (χ4v) is 6.12. The second kappa shape index (κ2) is 6.73. The molecule has 5 rings (SSSR count). The van der Waals surface area contributed by atoms with Gasteiger partial charge in [-0.3, -0.25) is 4.90 Å². The van der Waals surface area contributed by atoms with Crippen molar-refractivity contribution in [1.82, 2.24) is 4.90 Å². The number of hydrogen-bond acceptors (Lipinski definition) is 4. The average Bonchev–Trinajstić information content (AvgIpc) is 2.62. The van der Waals surface area contributed by atoms with Crippen LogP contribution in [0.25, 0.3) is 0 Å². The lowest BCUT2D eigenvalue weighted by atomic mass is 9.50. The third-order valence-corrected chi connectivity index (χ3v) is 7.17. The van der Waals surface area contributed by atoms with E-state index in [-0.39, 0.29) is 29.8 Å². The van der Waals surface area contributed by atoms with Crippen molar-refractivity contribution in [3.63, 3.8) is 0 Å². The SMILES string of the molecule is C[C@@H](c1ccccc1)N(C)C1C2CC3CC1C(OC(=O)C(F)(F)F)C(O)(C3)C2. The molecule has 4 bridgehead atoms. The molecule has 0 saturated heterocycles. The number of esters is 1. The van der Waals surface area contributed by atoms with E-state index in [1.54, 1.807) is 0 Å². The predicted octanol–water partition coefficient (Wildman–Crippen LogP) is 3.70. The van der Waals surface area contributed by atoms with E-state index >= 15 is 0 Å². The van der Waals surface area contributed by atoms with Gasteiger partial charge in [0, 0.05) is 18.0 Å². The van der Waals surface area contributed by atoms with E-state index in [4.69, 9.17) is 4.74 Å². The van der Waals surface area contributed by atoms with E-state index in [0.29, 0.717) is 19.3 Å². The van der Waals surface area contributed by atoms with Crippen LogP contribution in [0, 0.1) is 17.8 Å². The summed E-state index contributed by atoms with van der Waals surface area (Å²) in [6, 6.07) is 9.98. The number of nitrogens with zero attached hydrogens (tertiary/aromatic N) is 1. The highest BCUT2D eigenvalue weighted by atomic mass is 19.4. The van der Waals surface area contributed by atoms with Crippen LogP contribution in [0.3, 0.4) is 0 Å². The molecule has 0 amide bonds. The Hall–Kier alpha value is -1.60. The third-order valence-electron chi connectivity index (χ3n) is 7.17. The fraction of sp³-hybridized carbons (Fsp3) is 0.667. The molecular formula is C21H26F3NO3. The molecule has 4 nitrogen and oxygen atoms in total. The fourth-order valence-electron chi connectivity index (χ4n) is 6.12. The van der Waals surface area contributed by atoms with Crippen molar-refractivity contribution >= 4 is 5.97 Å². The summed E-state index contributed by atoms with van der Waals surface area (Å²) in [4.78, 5) is 13.8. The zero-order valence-electron chi connectivity index (χ0n) is 16.0. The molecule has 4 aliphatic carbocycles. The quantitative estimate of drug-likeness (QED) is 0.787. The van der Waals surface area contributed by atoms with Gasteiger partial charge in [-0.2, -0.15) is 13.2 Å². The van der Waals surface area contributed by atoms with Gasteiger partial charge >= 0.3 is 12.1 Å². The predicted molar refractivity (Wildman–Crippen MR) is 96.2 cm³/mol. The van der Waals surface area contributed by atoms with E-state index in [1.807, 2.05) is 37.4 Å². The molecule has 6 unspecified atom stereocenters. The smallest absolute Gasteiger partial charge is 0.452 e. The number of ether oxygens (including phenoxy) is 1. The van der Waals surface area contributed by atoms with Gasteiger partial charge in [0.2, 0.25) is 0 Å². The Morgan fingerprint density at radius 3 is 2.57 bits per heavy atom. The molecule has 4 aliphatic rings. The molecule has 1 aromatic rings. The lowest BCUT2D eigenvalue weighted by Gasteiger charge is -2.63. The molecule has 1 aromatic carbocycles. The number of carbonyl (C=O) groups is 1. The van der Waals surface area contributed by atoms with E-state index in [9.17, 15) is 23.1 Å². The van der Waals surface area contributed by atoms with Crippen LogP contribution in [0.5, 0.6) is 0 Å². The standard InChI is InChI=1S/C21H26F3NO3/c1-12(14-6-4-3-5-7-14)25(2)17-15-8-13-9-16(17)18(20(27,10-13)11-15)28-19(26)21(22,23)24/h3-7,12-13,15-18,27H,8-11H2,1-2H3/t12-,13?,15?,16?,17?,18?,20?/m0/s1. The van der Waals surface area contributed by atoms with Gasteiger partial charge in [-0.25, -0.2) is 4.79 Å². The first kappa shape index (κ1) is 19.7. The maximum Gasteiger partial charge on any atom is 0.490 e. The van der Waals surface area contributed by atoms with Gasteiger partial charge in [-0.1, -0.05) is 30.3 Å². The maximum atomic E-state index is 12.8. The van der Waals surface area contributed by atoms with Gasteiger partial charge in [-0.15, -0.1) is 0 Å². The van der Waals surface area contributed by atoms with Crippen LogP contribution in [-0.2, 0) is 9.53 Å². The van der Waals surface area contributed by atoms with Crippen molar-refractivity contribution in [3.05, 3.63) is 35.9 Å². The van der Waals surface area contributed by atoms with Crippen molar-refractivity contribution in [3.8, 4) is 0 Å². The van der Waals surface area contributed by atoms with Crippen molar-refractivity contribution in [1.29, 1.82) is 0 Å². The minimum Gasteiger partial charge on any atom is -0.452 e. The van der Waals surface area contributed by atoms with Crippen LogP contribution in [0.15, 0.2) is 30.3 Å². The Morgan fingerprint density at radius 1 is 1.25 bits per heavy atom. The summed E-state index contributed by atoms with van der Waals surface area (Å²) < 4.78 is 43.4. The Bertz CT molecular complexity index is 740. The molecule has 0 radical (unpaired) electrons. The molecule has 1 N–H and O–H groups in total. The molecular weight excluding hydrogens is 371 g/mol. The van der Waals surface area contributed by atoms with E-state index in [1.165, 1.54) is 0 Å². The van der Waals surface area contributed by atoms with Gasteiger partial charge in [0.15, 0.2) is 0 Å². The highest BCUT2D eigenvalue weighted by Gasteiger charge is 2.64. The minimum atomic E-state index is -5.05. The van der Waals surface area contributed by atoms with Crippen molar-refractivity contribution in [2.24, 2.45) is 17.8 Å². The molecule has 4 fully saturated rings. The summed E-state index contributed by atoms with van der Waals surface area (Å²) >= 11 is 0. The Balaban J connectivity index is 1.61. The van der Waals surface area contributed by atoms with Crippen molar-refractivity contribution in [2.45, 2.75) is 62.6 Å². The van der Waals surface area contributed by atoms with Crippen LogP contribution < -0.4 is 0 Å². The van der Waals surface area contributed by atoms with Gasteiger partial charge < -0.3 is 9.84 Å². The van der Waals surface area contributed by atoms with Crippen molar-refractivity contribution < 1.29 is 27.8 Å². The molecule has 7 atom stereocenters. The Labute approximate surface area is 162 Å². The van der Waals surface area contributed by atoms with E-state index < -0.39 is 23.9 Å². The van der Waals surface area contributed by atoms with E-state index in [2.05, 4.69) is 11.8 Å². The number of alkyl halides is 3. The first-order valence-corrected chi connectivity index (χ1v) is 9.87. The Morgan fingerprint density at radius 2 is 1.93 bits per heavy atom. The Kier molecular flexibility index (Phi) is 4.74. The largest absolute Gasteiger partial charge is 0.490 e. The summed E-state index contributed by atoms with van der Waals surface area (Å²) in [6.45, 7) is 2.08. The summed E-state index contributed by atoms with van der Waals surface area (Å²) in [5.41, 5.74) is -0.216. The highest BCUT2D eigenvalue weighted by molar-refractivity contribution is 5.76. The first-order valence-electron chi connectivity index (χ1n) is 9.87. The number of aliphatic hydroxyl groups is 1. The van der Waals surface area contributed by atoms with Crippen LogP contribution in [0.1, 0.15) is 44.2 Å². The summed E-state index contributed by atoms with van der Waals surface area (Å²) in [6.07, 6.45) is -3.71. The summed E-state index contributed by atoms with van der Waals surface area (Å²) in [5.74, 6) is -2.01. The molecule has 0 spiro atoms. The monoisotopic (exact) mass is 397 g/mol. The number of hydrogen-bond donors (Lipinski definition) is 1. The van der Waals surface area contributed by atoms with Crippen LogP contribution in [0.2, 0.25) is 0 Å². The summed E-state index contributed by atoms with van der Waals surface area (Å²) in [5, 5.41) is 11.1. The highest BCUT2D eigenvalue weighted by Crippen LogP contribution is 2.58. The number of benzene rings is 1. The van der Waals surface area contributed by atoms with Gasteiger partial charge in [0.05, 0.1) is 0 Å². The van der Waals surface area contributed by atoms with Gasteiger partial charge in [0.25, 0.3) is 0 Å². The minimum absolute atomic E-state index is 0.0296. The van der Waals surface area contributed by atoms with Crippen molar-refractivity contribution in [2.75, 3.05) is 7.05 Å². The molecule has 7 heteroatoms. The zero-order valence-corrected chi connectivity index (χ0v) is 16.0.